The highest BCUT2D eigenvalue weighted by Gasteiger charge is 2.22. The molecule has 1 heterocycles. The maximum absolute atomic E-state index is 13.0. The lowest BCUT2D eigenvalue weighted by Gasteiger charge is -2.30. The molecule has 0 radical (unpaired) electrons. The van der Waals surface area contributed by atoms with Gasteiger partial charge >= 0.3 is 0 Å². The fourth-order valence-corrected chi connectivity index (χ4v) is 1.92. The third-order valence-electron chi connectivity index (χ3n) is 2.74. The molecular weight excluding hydrogens is 181 g/mol. The van der Waals surface area contributed by atoms with Crippen LogP contribution in [0, 0.1) is 5.82 Å². The Hall–Kier alpha value is -1.38. The highest BCUT2D eigenvalue weighted by molar-refractivity contribution is 5.70. The first-order chi connectivity index (χ1) is 6.72. The molecule has 0 bridgehead atoms. The average Bonchev–Trinajstić information content (AvgIpc) is 2.18. The van der Waals surface area contributed by atoms with Crippen molar-refractivity contribution in [2.24, 2.45) is 0 Å². The van der Waals surface area contributed by atoms with Gasteiger partial charge in [0.15, 0.2) is 0 Å². The summed E-state index contributed by atoms with van der Waals surface area (Å²) in [5, 5.41) is 0. The van der Waals surface area contributed by atoms with Gasteiger partial charge in [-0.3, -0.25) is 0 Å². The fraction of sp³-hybridized carbons (Fsp3) is 0.364. The monoisotopic (exact) mass is 193 g/mol. The van der Waals surface area contributed by atoms with Crippen molar-refractivity contribution in [1.29, 1.82) is 0 Å². The van der Waals surface area contributed by atoms with Crippen LogP contribution in [-0.4, -0.2) is 19.9 Å². The number of rotatable bonds is 1. The van der Waals surface area contributed by atoms with Crippen molar-refractivity contribution in [2.75, 3.05) is 18.5 Å². The van der Waals surface area contributed by atoms with E-state index in [-0.39, 0.29) is 11.7 Å². The molecule has 0 spiro atoms. The number of benzene rings is 1. The molecule has 0 aromatic heterocycles. The molecule has 1 unspecified atom stereocenters. The maximum Gasteiger partial charge on any atom is 0.127 e. The molecule has 1 aromatic carbocycles. The van der Waals surface area contributed by atoms with Crippen molar-refractivity contribution >= 4 is 12.0 Å². The standard InChI is InChI=1S/C11H12FNO/c1-13-5-4-8(7-14)10-6-9(12)2-3-11(10)13/h2-3,6-8H,4-5H2,1H3. The number of carbonyl (C=O) groups excluding carboxylic acids is 1. The van der Waals surface area contributed by atoms with Gasteiger partial charge in [0.05, 0.1) is 0 Å². The highest BCUT2D eigenvalue weighted by Crippen LogP contribution is 2.33. The molecule has 0 N–H and O–H groups in total. The molecule has 0 amide bonds. The third kappa shape index (κ3) is 1.39. The lowest BCUT2D eigenvalue weighted by Crippen LogP contribution is -2.27. The van der Waals surface area contributed by atoms with Crippen LogP contribution in [0.4, 0.5) is 10.1 Å². The summed E-state index contributed by atoms with van der Waals surface area (Å²) in [5.74, 6) is -0.414. The normalized spacial score (nSPS) is 20.4. The van der Waals surface area contributed by atoms with Crippen molar-refractivity contribution in [3.8, 4) is 0 Å². The summed E-state index contributed by atoms with van der Waals surface area (Å²) < 4.78 is 13.0. The first-order valence-electron chi connectivity index (χ1n) is 4.68. The van der Waals surface area contributed by atoms with Gasteiger partial charge in [0, 0.05) is 25.2 Å². The Labute approximate surface area is 82.3 Å². The smallest absolute Gasteiger partial charge is 0.127 e. The second-order valence-corrected chi connectivity index (χ2v) is 3.66. The maximum atomic E-state index is 13.0. The summed E-state index contributed by atoms with van der Waals surface area (Å²) in [4.78, 5) is 12.9. The molecule has 0 fully saturated rings. The molecule has 1 aliphatic rings. The quantitative estimate of drug-likeness (QED) is 0.635. The summed E-state index contributed by atoms with van der Waals surface area (Å²) in [6, 6.07) is 4.63. The van der Waals surface area contributed by atoms with Gasteiger partial charge in [-0.15, -0.1) is 0 Å². The van der Waals surface area contributed by atoms with Crippen LogP contribution in [0.1, 0.15) is 17.9 Å². The number of fused-ring (bicyclic) bond motifs is 1. The predicted molar refractivity (Wildman–Crippen MR) is 53.1 cm³/mol. The summed E-state index contributed by atoms with van der Waals surface area (Å²) in [7, 11) is 1.96. The van der Waals surface area contributed by atoms with Gasteiger partial charge in [0.1, 0.15) is 12.1 Å². The first-order valence-corrected chi connectivity index (χ1v) is 4.68. The van der Waals surface area contributed by atoms with Crippen molar-refractivity contribution in [3.63, 3.8) is 0 Å². The zero-order valence-electron chi connectivity index (χ0n) is 8.03. The molecular formula is C11H12FNO. The molecule has 74 valence electrons. The van der Waals surface area contributed by atoms with Gasteiger partial charge in [0.25, 0.3) is 0 Å². The Bertz CT molecular complexity index is 364. The zero-order valence-corrected chi connectivity index (χ0v) is 8.03. The van der Waals surface area contributed by atoms with Crippen molar-refractivity contribution in [2.45, 2.75) is 12.3 Å². The van der Waals surface area contributed by atoms with E-state index in [9.17, 15) is 9.18 Å². The number of hydrogen-bond acceptors (Lipinski definition) is 2. The molecule has 2 nitrogen and oxygen atoms in total. The largest absolute Gasteiger partial charge is 0.374 e. The minimum absolute atomic E-state index is 0.142. The zero-order chi connectivity index (χ0) is 10.1. The van der Waals surface area contributed by atoms with E-state index in [4.69, 9.17) is 0 Å². The van der Waals surface area contributed by atoms with Crippen molar-refractivity contribution in [1.82, 2.24) is 0 Å². The van der Waals surface area contributed by atoms with Crippen LogP contribution in [0.2, 0.25) is 0 Å². The van der Waals surface area contributed by atoms with Crippen LogP contribution in [0.3, 0.4) is 0 Å². The van der Waals surface area contributed by atoms with E-state index in [2.05, 4.69) is 4.90 Å². The van der Waals surface area contributed by atoms with Gasteiger partial charge in [0.2, 0.25) is 0 Å². The molecule has 1 atom stereocenters. The van der Waals surface area contributed by atoms with Gasteiger partial charge in [-0.1, -0.05) is 0 Å². The van der Waals surface area contributed by atoms with Crippen LogP contribution in [0.25, 0.3) is 0 Å². The number of carbonyl (C=O) groups is 1. The Morgan fingerprint density at radius 1 is 1.57 bits per heavy atom. The summed E-state index contributed by atoms with van der Waals surface area (Å²) >= 11 is 0. The topological polar surface area (TPSA) is 20.3 Å². The predicted octanol–water partition coefficient (Wildman–Crippen LogP) is 1.95. The van der Waals surface area contributed by atoms with E-state index < -0.39 is 0 Å². The lowest BCUT2D eigenvalue weighted by atomic mass is 9.91. The fourth-order valence-electron chi connectivity index (χ4n) is 1.92. The summed E-state index contributed by atoms with van der Waals surface area (Å²) in [5.41, 5.74) is 1.78. The molecule has 0 saturated heterocycles. The van der Waals surface area contributed by atoms with Crippen LogP contribution >= 0.6 is 0 Å². The molecule has 1 aliphatic heterocycles. The summed E-state index contributed by atoms with van der Waals surface area (Å²) in [6.45, 7) is 0.849. The van der Waals surface area contributed by atoms with E-state index in [0.29, 0.717) is 0 Å². The number of halogens is 1. The number of aldehydes is 1. The van der Waals surface area contributed by atoms with E-state index in [0.717, 1.165) is 30.5 Å². The molecule has 0 saturated carbocycles. The van der Waals surface area contributed by atoms with E-state index in [1.807, 2.05) is 7.05 Å². The van der Waals surface area contributed by atoms with E-state index in [1.165, 1.54) is 12.1 Å². The minimum atomic E-state index is -0.272. The van der Waals surface area contributed by atoms with Crippen LogP contribution in [0.15, 0.2) is 18.2 Å². The Kier molecular flexibility index (Phi) is 2.23. The lowest BCUT2D eigenvalue weighted by molar-refractivity contribution is -0.109. The number of hydrogen-bond donors (Lipinski definition) is 0. The number of anilines is 1. The summed E-state index contributed by atoms with van der Waals surface area (Å²) in [6.07, 6.45) is 1.68. The molecule has 14 heavy (non-hydrogen) atoms. The molecule has 1 aromatic rings. The van der Waals surface area contributed by atoms with Gasteiger partial charge in [-0.05, 0) is 30.2 Å². The first kappa shape index (κ1) is 9.19. The minimum Gasteiger partial charge on any atom is -0.374 e. The second kappa shape index (κ2) is 3.40. The Morgan fingerprint density at radius 2 is 2.36 bits per heavy atom. The molecule has 3 heteroatoms. The average molecular weight is 193 g/mol. The van der Waals surface area contributed by atoms with Crippen LogP contribution in [0.5, 0.6) is 0 Å². The van der Waals surface area contributed by atoms with E-state index in [1.54, 1.807) is 6.07 Å². The van der Waals surface area contributed by atoms with Gasteiger partial charge in [-0.2, -0.15) is 0 Å². The van der Waals surface area contributed by atoms with Gasteiger partial charge < -0.3 is 9.69 Å². The highest BCUT2D eigenvalue weighted by atomic mass is 19.1. The molecule has 2 rings (SSSR count). The third-order valence-corrected chi connectivity index (χ3v) is 2.74. The van der Waals surface area contributed by atoms with Crippen molar-refractivity contribution < 1.29 is 9.18 Å². The van der Waals surface area contributed by atoms with E-state index >= 15 is 0 Å². The molecule has 0 aliphatic carbocycles. The van der Waals surface area contributed by atoms with Gasteiger partial charge in [-0.25, -0.2) is 4.39 Å². The SMILES string of the molecule is CN1CCC(C=O)c2cc(F)ccc21. The van der Waals surface area contributed by atoms with Crippen molar-refractivity contribution in [3.05, 3.63) is 29.6 Å². The Morgan fingerprint density at radius 3 is 3.07 bits per heavy atom. The number of nitrogens with zero attached hydrogens (tertiary/aromatic N) is 1. The van der Waals surface area contributed by atoms with Crippen LogP contribution < -0.4 is 4.90 Å². The second-order valence-electron chi connectivity index (χ2n) is 3.66. The Balaban J connectivity index is 2.51. The van der Waals surface area contributed by atoms with Crippen LogP contribution in [-0.2, 0) is 4.79 Å².